The van der Waals surface area contributed by atoms with Crippen LogP contribution in [-0.2, 0) is 21.7 Å². The molecule has 1 N–H and O–H groups in total. The van der Waals surface area contributed by atoms with Gasteiger partial charge in [-0.1, -0.05) is 91.0 Å². The van der Waals surface area contributed by atoms with E-state index in [4.69, 9.17) is 0 Å². The fourth-order valence-corrected chi connectivity index (χ4v) is 4.50. The average Bonchev–Trinajstić information content (AvgIpc) is 2.79. The van der Waals surface area contributed by atoms with Crippen molar-refractivity contribution >= 4 is 11.7 Å². The highest BCUT2D eigenvalue weighted by Crippen LogP contribution is 2.48. The van der Waals surface area contributed by atoms with Gasteiger partial charge in [0.05, 0.1) is 0 Å². The van der Waals surface area contributed by atoms with Crippen LogP contribution in [0.5, 0.6) is 0 Å². The third-order valence-electron chi connectivity index (χ3n) is 5.76. The molecule has 1 atom stereocenters. The Morgan fingerprint density at radius 3 is 1.84 bits per heavy atom. The van der Waals surface area contributed by atoms with Crippen molar-refractivity contribution in [3.63, 3.8) is 0 Å². The van der Waals surface area contributed by atoms with Gasteiger partial charge in [-0.05, 0) is 36.6 Å². The summed E-state index contributed by atoms with van der Waals surface area (Å²) in [6.07, 6.45) is 1.54. The normalized spacial score (nSPS) is 17.7. The Bertz CT molecular complexity index is 1050. The molecule has 3 aromatic rings. The van der Waals surface area contributed by atoms with Gasteiger partial charge in [0.25, 0.3) is 0 Å². The number of hydrogen-bond donors (Lipinski definition) is 1. The van der Waals surface area contributed by atoms with E-state index in [0.717, 1.165) is 16.7 Å². The van der Waals surface area contributed by atoms with E-state index in [1.165, 1.54) is 13.0 Å². The van der Waals surface area contributed by atoms with Gasteiger partial charge in [0, 0.05) is 12.2 Å². The topological polar surface area (TPSA) is 49.4 Å². The largest absolute Gasteiger partial charge is 0.375 e. The summed E-state index contributed by atoms with van der Waals surface area (Å²) in [5.74, 6) is -0.0456. The van der Waals surface area contributed by atoms with Gasteiger partial charge in [0.15, 0.2) is 5.78 Å². The SMILES string of the molecule is CC(=O)/C=C(/C)NC1C(=O)N(Cc2ccccc2)C1(c1ccccc1)c1ccccc1. The van der Waals surface area contributed by atoms with E-state index in [2.05, 4.69) is 29.6 Å². The van der Waals surface area contributed by atoms with Crippen molar-refractivity contribution in [3.05, 3.63) is 119 Å². The van der Waals surface area contributed by atoms with Crippen molar-refractivity contribution in [3.8, 4) is 0 Å². The Hall–Kier alpha value is -3.66. The number of amides is 1. The minimum absolute atomic E-state index is 0.00728. The lowest BCUT2D eigenvalue weighted by molar-refractivity contribution is -0.162. The van der Waals surface area contributed by atoms with Gasteiger partial charge in [-0.2, -0.15) is 0 Å². The second-order valence-electron chi connectivity index (χ2n) is 7.92. The van der Waals surface area contributed by atoms with Crippen LogP contribution in [0.4, 0.5) is 0 Å². The van der Waals surface area contributed by atoms with Crippen LogP contribution in [0.2, 0.25) is 0 Å². The van der Waals surface area contributed by atoms with E-state index in [1.54, 1.807) is 0 Å². The Morgan fingerprint density at radius 2 is 1.35 bits per heavy atom. The molecule has 1 unspecified atom stereocenters. The number of β-lactam (4-membered cyclic amide) rings is 1. The van der Waals surface area contributed by atoms with Crippen molar-refractivity contribution in [2.24, 2.45) is 0 Å². The molecule has 0 aliphatic carbocycles. The van der Waals surface area contributed by atoms with Crippen LogP contribution in [0.1, 0.15) is 30.5 Å². The molecule has 0 radical (unpaired) electrons. The summed E-state index contributed by atoms with van der Waals surface area (Å²) in [6.45, 7) is 3.84. The fraction of sp³-hybridized carbons (Fsp3) is 0.185. The monoisotopic (exact) mass is 410 g/mol. The molecule has 1 aliphatic rings. The van der Waals surface area contributed by atoms with E-state index in [-0.39, 0.29) is 11.7 Å². The quantitative estimate of drug-likeness (QED) is 0.463. The lowest BCUT2D eigenvalue weighted by Gasteiger charge is -2.58. The van der Waals surface area contributed by atoms with Crippen LogP contribution in [0.15, 0.2) is 103 Å². The molecule has 31 heavy (non-hydrogen) atoms. The smallest absolute Gasteiger partial charge is 0.249 e. The van der Waals surface area contributed by atoms with Crippen molar-refractivity contribution < 1.29 is 9.59 Å². The standard InChI is InChI=1S/C27H26N2O2/c1-20(18-21(2)30)28-25-26(31)29(19-22-12-6-3-7-13-22)27(25,23-14-8-4-9-15-23)24-16-10-5-11-17-24/h3-18,25,28H,19H2,1-2H3/b20-18-. The van der Waals surface area contributed by atoms with Crippen LogP contribution < -0.4 is 5.32 Å². The molecule has 0 spiro atoms. The van der Waals surface area contributed by atoms with Crippen molar-refractivity contribution in [2.45, 2.75) is 32.0 Å². The molecule has 4 nitrogen and oxygen atoms in total. The Labute approximate surface area is 183 Å². The zero-order chi connectivity index (χ0) is 21.8. The van der Waals surface area contributed by atoms with E-state index in [1.807, 2.05) is 78.6 Å². The van der Waals surface area contributed by atoms with Gasteiger partial charge in [-0.15, -0.1) is 0 Å². The average molecular weight is 411 g/mol. The zero-order valence-corrected chi connectivity index (χ0v) is 17.8. The number of nitrogens with one attached hydrogen (secondary N) is 1. The van der Waals surface area contributed by atoms with Gasteiger partial charge in [0.2, 0.25) is 5.91 Å². The van der Waals surface area contributed by atoms with Crippen LogP contribution in [0.3, 0.4) is 0 Å². The summed E-state index contributed by atoms with van der Waals surface area (Å²) in [5, 5.41) is 3.35. The summed E-state index contributed by atoms with van der Waals surface area (Å²) >= 11 is 0. The lowest BCUT2D eigenvalue weighted by atomic mass is 9.68. The number of benzene rings is 3. The first kappa shape index (κ1) is 20.6. The molecule has 0 saturated carbocycles. The molecule has 4 rings (SSSR count). The second kappa shape index (κ2) is 8.60. The van der Waals surface area contributed by atoms with E-state index in [9.17, 15) is 9.59 Å². The van der Waals surface area contributed by atoms with Crippen molar-refractivity contribution in [1.82, 2.24) is 10.2 Å². The summed E-state index contributed by atoms with van der Waals surface area (Å²) in [7, 11) is 0. The lowest BCUT2D eigenvalue weighted by Crippen LogP contribution is -2.76. The number of carbonyl (C=O) groups excluding carboxylic acids is 2. The molecule has 1 aliphatic heterocycles. The van der Waals surface area contributed by atoms with Gasteiger partial charge in [0.1, 0.15) is 11.6 Å². The first-order chi connectivity index (χ1) is 15.0. The summed E-state index contributed by atoms with van der Waals surface area (Å²) in [5.41, 5.74) is 3.12. The third kappa shape index (κ3) is 3.77. The maximum absolute atomic E-state index is 13.5. The molecule has 4 heteroatoms. The summed E-state index contributed by atoms with van der Waals surface area (Å²) < 4.78 is 0. The number of ketones is 1. The Balaban J connectivity index is 1.87. The van der Waals surface area contributed by atoms with E-state index in [0.29, 0.717) is 12.2 Å². The zero-order valence-electron chi connectivity index (χ0n) is 17.8. The van der Waals surface area contributed by atoms with Crippen molar-refractivity contribution in [1.29, 1.82) is 0 Å². The molecule has 1 saturated heterocycles. The number of likely N-dealkylation sites (tertiary alicyclic amines) is 1. The summed E-state index contributed by atoms with van der Waals surface area (Å²) in [4.78, 5) is 27.1. The van der Waals surface area contributed by atoms with Gasteiger partial charge in [-0.3, -0.25) is 9.59 Å². The third-order valence-corrected chi connectivity index (χ3v) is 5.76. The number of hydrogen-bond acceptors (Lipinski definition) is 3. The maximum Gasteiger partial charge on any atom is 0.249 e. The van der Waals surface area contributed by atoms with Gasteiger partial charge < -0.3 is 10.2 Å². The molecular formula is C27H26N2O2. The fourth-order valence-electron chi connectivity index (χ4n) is 4.50. The minimum Gasteiger partial charge on any atom is -0.375 e. The molecule has 0 bridgehead atoms. The molecule has 1 amide bonds. The second-order valence-corrected chi connectivity index (χ2v) is 7.92. The van der Waals surface area contributed by atoms with Crippen LogP contribution in [-0.4, -0.2) is 22.6 Å². The molecule has 0 aromatic heterocycles. The van der Waals surface area contributed by atoms with Crippen LogP contribution in [0, 0.1) is 0 Å². The molecule has 1 heterocycles. The summed E-state index contributed by atoms with van der Waals surface area (Å²) in [6, 6.07) is 29.7. The van der Waals surface area contributed by atoms with E-state index < -0.39 is 11.6 Å². The first-order valence-corrected chi connectivity index (χ1v) is 10.5. The highest BCUT2D eigenvalue weighted by molar-refractivity contribution is 5.94. The molecule has 156 valence electrons. The van der Waals surface area contributed by atoms with Gasteiger partial charge in [-0.25, -0.2) is 0 Å². The number of carbonyl (C=O) groups is 2. The Morgan fingerprint density at radius 1 is 0.871 bits per heavy atom. The number of allylic oxidation sites excluding steroid dienone is 2. The number of rotatable bonds is 7. The highest BCUT2D eigenvalue weighted by Gasteiger charge is 2.62. The molecule has 3 aromatic carbocycles. The van der Waals surface area contributed by atoms with Crippen LogP contribution >= 0.6 is 0 Å². The number of nitrogens with zero attached hydrogens (tertiary/aromatic N) is 1. The van der Waals surface area contributed by atoms with Gasteiger partial charge >= 0.3 is 0 Å². The van der Waals surface area contributed by atoms with Crippen molar-refractivity contribution in [2.75, 3.05) is 0 Å². The highest BCUT2D eigenvalue weighted by atomic mass is 16.2. The van der Waals surface area contributed by atoms with Crippen LogP contribution in [0.25, 0.3) is 0 Å². The molecule has 1 fully saturated rings. The molecular weight excluding hydrogens is 384 g/mol. The van der Waals surface area contributed by atoms with E-state index >= 15 is 0 Å². The predicted molar refractivity (Wildman–Crippen MR) is 122 cm³/mol. The minimum atomic E-state index is -0.693. The predicted octanol–water partition coefficient (Wildman–Crippen LogP) is 4.42. The Kier molecular flexibility index (Phi) is 5.72. The first-order valence-electron chi connectivity index (χ1n) is 10.5. The maximum atomic E-state index is 13.5.